The normalized spacial score (nSPS) is 11.2. The summed E-state index contributed by atoms with van der Waals surface area (Å²) in [7, 11) is 1.20. The highest BCUT2D eigenvalue weighted by atomic mass is 28.4. The number of nitrogens with one attached hydrogen (secondary N) is 1. The predicted molar refractivity (Wildman–Crippen MR) is 64.9 cm³/mol. The molecule has 0 heterocycles. The van der Waals surface area contributed by atoms with Crippen molar-refractivity contribution in [2.75, 3.05) is 20.8 Å². The van der Waals surface area contributed by atoms with Crippen LogP contribution in [0.2, 0.25) is 12.6 Å². The Balaban J connectivity index is 3.63. The van der Waals surface area contributed by atoms with E-state index in [1.54, 1.807) is 14.2 Å². The molecule has 17 heavy (non-hydrogen) atoms. The van der Waals surface area contributed by atoms with E-state index in [1.165, 1.54) is 0 Å². The first-order chi connectivity index (χ1) is 7.93. The molecule has 0 aromatic rings. The van der Waals surface area contributed by atoms with Crippen LogP contribution in [-0.2, 0) is 18.4 Å². The number of carbonyl (C=O) groups excluding carboxylic acids is 1. The summed E-state index contributed by atoms with van der Waals surface area (Å²) in [6.07, 6.45) is 0.663. The number of carbonyl (C=O) groups is 2. The molecule has 0 unspecified atom stereocenters. The first-order valence-electron chi connectivity index (χ1n) is 5.52. The lowest BCUT2D eigenvalue weighted by Crippen LogP contribution is -2.37. The fraction of sp³-hybridized carbons (Fsp3) is 0.800. The smallest absolute Gasteiger partial charge is 0.334 e. The van der Waals surface area contributed by atoms with Gasteiger partial charge in [-0.1, -0.05) is 0 Å². The van der Waals surface area contributed by atoms with E-state index in [1.807, 2.05) is 6.55 Å². The molecule has 0 aliphatic carbocycles. The van der Waals surface area contributed by atoms with Gasteiger partial charge < -0.3 is 19.3 Å². The molecule has 0 bridgehead atoms. The summed E-state index contributed by atoms with van der Waals surface area (Å²) in [5.41, 5.74) is 0. The maximum absolute atomic E-state index is 11.2. The van der Waals surface area contributed by atoms with E-state index >= 15 is 0 Å². The number of aliphatic carboxylic acids is 1. The molecule has 0 aliphatic rings. The third-order valence-corrected chi connectivity index (χ3v) is 5.55. The summed E-state index contributed by atoms with van der Waals surface area (Å²) in [4.78, 5) is 21.4. The molecule has 0 radical (unpaired) electrons. The summed E-state index contributed by atoms with van der Waals surface area (Å²) < 4.78 is 10.6. The Morgan fingerprint density at radius 2 is 1.82 bits per heavy atom. The molecule has 1 amide bonds. The van der Waals surface area contributed by atoms with Gasteiger partial charge in [0.1, 0.15) is 0 Å². The zero-order valence-electron chi connectivity index (χ0n) is 10.6. The SMILES string of the molecule is CO[Si](C)(CCCNC(=O)CCC(=O)O)OC. The molecule has 0 atom stereocenters. The van der Waals surface area contributed by atoms with E-state index in [-0.39, 0.29) is 18.7 Å². The molecule has 0 saturated carbocycles. The Morgan fingerprint density at radius 1 is 1.24 bits per heavy atom. The van der Waals surface area contributed by atoms with Gasteiger partial charge in [-0.2, -0.15) is 0 Å². The molecule has 0 saturated heterocycles. The quantitative estimate of drug-likeness (QED) is 0.473. The zero-order valence-corrected chi connectivity index (χ0v) is 11.6. The Labute approximate surface area is 103 Å². The second-order valence-corrected chi connectivity index (χ2v) is 7.47. The van der Waals surface area contributed by atoms with Crippen molar-refractivity contribution in [1.82, 2.24) is 5.32 Å². The van der Waals surface area contributed by atoms with Crippen molar-refractivity contribution in [2.24, 2.45) is 0 Å². The van der Waals surface area contributed by atoms with Gasteiger partial charge in [-0.25, -0.2) is 0 Å². The van der Waals surface area contributed by atoms with Crippen molar-refractivity contribution >= 4 is 20.4 Å². The largest absolute Gasteiger partial charge is 0.481 e. The molecule has 0 aromatic carbocycles. The minimum atomic E-state index is -2.05. The Hall–Kier alpha value is -0.923. The van der Waals surface area contributed by atoms with Crippen molar-refractivity contribution in [1.29, 1.82) is 0 Å². The number of carboxylic acid groups (broad SMARTS) is 1. The van der Waals surface area contributed by atoms with Crippen molar-refractivity contribution in [3.63, 3.8) is 0 Å². The van der Waals surface area contributed by atoms with Crippen LogP contribution in [0.3, 0.4) is 0 Å². The van der Waals surface area contributed by atoms with Crippen LogP contribution in [0.15, 0.2) is 0 Å². The van der Waals surface area contributed by atoms with Crippen LogP contribution in [0.4, 0.5) is 0 Å². The third kappa shape index (κ3) is 7.89. The highest BCUT2D eigenvalue weighted by Gasteiger charge is 2.27. The lowest BCUT2D eigenvalue weighted by molar-refractivity contribution is -0.138. The van der Waals surface area contributed by atoms with Gasteiger partial charge in [0.2, 0.25) is 5.91 Å². The van der Waals surface area contributed by atoms with E-state index in [4.69, 9.17) is 14.0 Å². The molecular weight excluding hydrogens is 242 g/mol. The first kappa shape index (κ1) is 16.1. The van der Waals surface area contributed by atoms with E-state index in [0.29, 0.717) is 6.54 Å². The molecule has 7 heteroatoms. The molecule has 6 nitrogen and oxygen atoms in total. The summed E-state index contributed by atoms with van der Waals surface area (Å²) in [6.45, 7) is 2.48. The number of rotatable bonds is 9. The van der Waals surface area contributed by atoms with Crippen LogP contribution in [0, 0.1) is 0 Å². The third-order valence-electron chi connectivity index (χ3n) is 2.56. The maximum atomic E-state index is 11.2. The molecule has 0 aromatic heterocycles. The summed E-state index contributed by atoms with van der Waals surface area (Å²) >= 11 is 0. The number of hydrogen-bond acceptors (Lipinski definition) is 4. The standard InChI is InChI=1S/C10H21NO5Si/c1-15-17(3,16-2)8-4-7-11-9(12)5-6-10(13)14/h4-8H2,1-3H3,(H,11,12)(H,13,14). The summed E-state index contributed by atoms with van der Waals surface area (Å²) in [6, 6.07) is 0.791. The van der Waals surface area contributed by atoms with Crippen LogP contribution in [0.1, 0.15) is 19.3 Å². The summed E-state index contributed by atoms with van der Waals surface area (Å²) in [5.74, 6) is -1.19. The molecular formula is C10H21NO5Si. The van der Waals surface area contributed by atoms with Crippen LogP contribution in [0.25, 0.3) is 0 Å². The van der Waals surface area contributed by atoms with E-state index in [2.05, 4.69) is 5.32 Å². The molecule has 0 rings (SSSR count). The second kappa shape index (κ2) is 8.21. The van der Waals surface area contributed by atoms with Gasteiger partial charge in [0.25, 0.3) is 0 Å². The zero-order chi connectivity index (χ0) is 13.3. The van der Waals surface area contributed by atoms with E-state index in [0.717, 1.165) is 12.5 Å². The minimum Gasteiger partial charge on any atom is -0.481 e. The van der Waals surface area contributed by atoms with Gasteiger partial charge >= 0.3 is 14.5 Å². The van der Waals surface area contributed by atoms with Crippen LogP contribution >= 0.6 is 0 Å². The van der Waals surface area contributed by atoms with Gasteiger partial charge in [-0.3, -0.25) is 9.59 Å². The van der Waals surface area contributed by atoms with Gasteiger partial charge in [0.15, 0.2) is 0 Å². The van der Waals surface area contributed by atoms with Crippen molar-refractivity contribution in [3.05, 3.63) is 0 Å². The average Bonchev–Trinajstić information content (AvgIpc) is 2.31. The fourth-order valence-electron chi connectivity index (χ4n) is 1.23. The topological polar surface area (TPSA) is 84.9 Å². The minimum absolute atomic E-state index is 0.0264. The average molecular weight is 263 g/mol. The molecule has 100 valence electrons. The number of hydrogen-bond donors (Lipinski definition) is 2. The number of carboxylic acids is 1. The molecule has 0 fully saturated rings. The maximum Gasteiger partial charge on any atom is 0.334 e. The lowest BCUT2D eigenvalue weighted by atomic mass is 10.3. The summed E-state index contributed by atoms with van der Waals surface area (Å²) in [5, 5.41) is 11.1. The monoisotopic (exact) mass is 263 g/mol. The van der Waals surface area contributed by atoms with Crippen LogP contribution < -0.4 is 5.32 Å². The van der Waals surface area contributed by atoms with E-state index < -0.39 is 14.5 Å². The van der Waals surface area contributed by atoms with Crippen molar-refractivity contribution < 1.29 is 23.5 Å². The van der Waals surface area contributed by atoms with Gasteiger partial charge in [0, 0.05) is 27.2 Å². The molecule has 0 spiro atoms. The highest BCUT2D eigenvalue weighted by molar-refractivity contribution is 6.65. The van der Waals surface area contributed by atoms with Gasteiger partial charge in [0.05, 0.1) is 6.42 Å². The first-order valence-corrected chi connectivity index (χ1v) is 8.04. The van der Waals surface area contributed by atoms with Gasteiger partial charge in [-0.05, 0) is 19.0 Å². The van der Waals surface area contributed by atoms with Crippen molar-refractivity contribution in [3.8, 4) is 0 Å². The Kier molecular flexibility index (Phi) is 7.76. The Morgan fingerprint density at radius 3 is 2.29 bits per heavy atom. The second-order valence-electron chi connectivity index (χ2n) is 3.89. The van der Waals surface area contributed by atoms with Crippen LogP contribution in [0.5, 0.6) is 0 Å². The highest BCUT2D eigenvalue weighted by Crippen LogP contribution is 2.12. The Bertz CT molecular complexity index is 255. The number of amides is 1. The van der Waals surface area contributed by atoms with Gasteiger partial charge in [-0.15, -0.1) is 0 Å². The molecule has 0 aliphatic heterocycles. The van der Waals surface area contributed by atoms with Crippen LogP contribution in [-0.4, -0.2) is 46.3 Å². The predicted octanol–water partition coefficient (Wildman–Crippen LogP) is 0.722. The fourth-order valence-corrected chi connectivity index (χ4v) is 2.63. The lowest BCUT2D eigenvalue weighted by Gasteiger charge is -2.22. The molecule has 2 N–H and O–H groups in total. The van der Waals surface area contributed by atoms with Crippen molar-refractivity contribution in [2.45, 2.75) is 31.9 Å². The van der Waals surface area contributed by atoms with E-state index in [9.17, 15) is 9.59 Å².